The SMILES string of the molecule is CCOC(C)(OCC)C1=N[C@](N)(C(=O)N[C@H](CCC(F)(F)F)C2=CC(OC)=CC(O)O2)CS1. The van der Waals surface area contributed by atoms with Gasteiger partial charge in [0.25, 0.3) is 5.91 Å². The number of carbonyl (C=O) groups excluding carboxylic acids is 1. The topological polar surface area (TPSA) is 125 Å². The van der Waals surface area contributed by atoms with Crippen molar-refractivity contribution in [1.29, 1.82) is 0 Å². The zero-order valence-electron chi connectivity index (χ0n) is 18.9. The molecular weight excluding hydrogens is 467 g/mol. The third kappa shape index (κ3) is 7.34. The Labute approximate surface area is 194 Å². The minimum atomic E-state index is -4.47. The zero-order chi connectivity index (χ0) is 24.9. The molecular formula is C20H30F3N3O6S. The van der Waals surface area contributed by atoms with Gasteiger partial charge in [0.2, 0.25) is 12.1 Å². The normalized spacial score (nSPS) is 24.4. The van der Waals surface area contributed by atoms with E-state index in [-0.39, 0.29) is 17.3 Å². The van der Waals surface area contributed by atoms with Gasteiger partial charge in [0.1, 0.15) is 16.6 Å². The molecule has 0 aromatic carbocycles. The van der Waals surface area contributed by atoms with Gasteiger partial charge in [-0.05, 0) is 27.2 Å². The number of amides is 1. The molecule has 13 heteroatoms. The minimum Gasteiger partial charge on any atom is -0.497 e. The first-order chi connectivity index (χ1) is 15.4. The quantitative estimate of drug-likeness (QED) is 0.371. The highest BCUT2D eigenvalue weighted by atomic mass is 32.2. The number of aliphatic hydroxyl groups is 1. The van der Waals surface area contributed by atoms with Crippen LogP contribution in [-0.2, 0) is 23.7 Å². The number of hydrogen-bond acceptors (Lipinski definition) is 9. The smallest absolute Gasteiger partial charge is 0.389 e. The van der Waals surface area contributed by atoms with E-state index in [2.05, 4.69) is 10.3 Å². The second-order valence-electron chi connectivity index (χ2n) is 7.45. The highest BCUT2D eigenvalue weighted by Crippen LogP contribution is 2.34. The summed E-state index contributed by atoms with van der Waals surface area (Å²) in [5.74, 6) is -1.89. The fraction of sp³-hybridized carbons (Fsp3) is 0.700. The van der Waals surface area contributed by atoms with Gasteiger partial charge < -0.3 is 29.4 Å². The number of nitrogens with two attached hydrogens (primary N) is 1. The molecule has 0 aromatic heterocycles. The fourth-order valence-electron chi connectivity index (χ4n) is 3.21. The standard InChI is InChI=1S/C20H30F3N3O6S/c1-5-30-18(3,31-6-2)17-26-19(24,11-33-17)16(28)25-13(7-8-20(21,22)23)14-9-12(29-4)10-15(27)32-14/h9-10,13,15,27H,5-8,11,24H2,1-4H3,(H,25,28)/t13-,15?,19+/m1/s1. The van der Waals surface area contributed by atoms with Crippen LogP contribution >= 0.6 is 11.8 Å². The Hall–Kier alpha value is -1.80. The van der Waals surface area contributed by atoms with Gasteiger partial charge in [0.15, 0.2) is 5.66 Å². The molecule has 0 saturated carbocycles. The summed E-state index contributed by atoms with van der Waals surface area (Å²) in [4.78, 5) is 17.4. The molecule has 1 unspecified atom stereocenters. The molecule has 0 aromatic rings. The monoisotopic (exact) mass is 497 g/mol. The number of allylic oxidation sites excluding steroid dienone is 1. The predicted molar refractivity (Wildman–Crippen MR) is 116 cm³/mol. The van der Waals surface area contributed by atoms with Crippen molar-refractivity contribution in [3.05, 3.63) is 23.7 Å². The van der Waals surface area contributed by atoms with E-state index in [1.165, 1.54) is 31.0 Å². The minimum absolute atomic E-state index is 0.0294. The van der Waals surface area contributed by atoms with E-state index in [1.54, 1.807) is 20.8 Å². The lowest BCUT2D eigenvalue weighted by molar-refractivity contribution is -0.169. The summed E-state index contributed by atoms with van der Waals surface area (Å²) >= 11 is 1.17. The van der Waals surface area contributed by atoms with E-state index in [9.17, 15) is 23.1 Å². The molecule has 0 fully saturated rings. The summed E-state index contributed by atoms with van der Waals surface area (Å²) < 4.78 is 60.3. The van der Waals surface area contributed by atoms with Gasteiger partial charge in [0, 0.05) is 37.5 Å². The maximum absolute atomic E-state index is 13.1. The second-order valence-corrected chi connectivity index (χ2v) is 8.41. The molecule has 0 bridgehead atoms. The molecule has 3 atom stereocenters. The summed E-state index contributed by atoms with van der Waals surface area (Å²) in [6, 6.07) is -1.23. The summed E-state index contributed by atoms with van der Waals surface area (Å²) in [5.41, 5.74) is 4.46. The van der Waals surface area contributed by atoms with Crippen LogP contribution in [0.2, 0.25) is 0 Å². The Morgan fingerprint density at radius 3 is 2.61 bits per heavy atom. The lowest BCUT2D eigenvalue weighted by atomic mass is 10.1. The van der Waals surface area contributed by atoms with Crippen LogP contribution in [0.25, 0.3) is 0 Å². The first kappa shape index (κ1) is 27.4. The third-order valence-corrected chi connectivity index (χ3v) is 6.12. The number of rotatable bonds is 11. The number of ether oxygens (including phenoxy) is 4. The summed E-state index contributed by atoms with van der Waals surface area (Å²) in [6.45, 7) is 5.85. The van der Waals surface area contributed by atoms with E-state index >= 15 is 0 Å². The number of nitrogens with one attached hydrogen (secondary N) is 1. The fourth-order valence-corrected chi connectivity index (χ4v) is 4.37. The average molecular weight is 498 g/mol. The van der Waals surface area contributed by atoms with Crippen LogP contribution in [0.1, 0.15) is 33.6 Å². The zero-order valence-corrected chi connectivity index (χ0v) is 19.7. The molecule has 0 radical (unpaired) electrons. The van der Waals surface area contributed by atoms with Gasteiger partial charge in [-0.1, -0.05) is 0 Å². The van der Waals surface area contributed by atoms with Crippen molar-refractivity contribution in [3.63, 3.8) is 0 Å². The number of aliphatic imine (C=N–C) groups is 1. The lowest BCUT2D eigenvalue weighted by Gasteiger charge is -2.29. The van der Waals surface area contributed by atoms with Crippen molar-refractivity contribution in [2.75, 3.05) is 26.1 Å². The van der Waals surface area contributed by atoms with Crippen LogP contribution in [0.5, 0.6) is 0 Å². The van der Waals surface area contributed by atoms with Crippen LogP contribution in [-0.4, -0.2) is 72.1 Å². The van der Waals surface area contributed by atoms with Gasteiger partial charge in [-0.25, -0.2) is 4.99 Å². The van der Waals surface area contributed by atoms with Gasteiger partial charge >= 0.3 is 6.18 Å². The van der Waals surface area contributed by atoms with Crippen LogP contribution in [0, 0.1) is 0 Å². The van der Waals surface area contributed by atoms with Crippen LogP contribution < -0.4 is 11.1 Å². The van der Waals surface area contributed by atoms with Crippen molar-refractivity contribution < 1.29 is 42.0 Å². The maximum atomic E-state index is 13.1. The molecule has 33 heavy (non-hydrogen) atoms. The van der Waals surface area contributed by atoms with Crippen molar-refractivity contribution in [3.8, 4) is 0 Å². The van der Waals surface area contributed by atoms with Crippen molar-refractivity contribution in [1.82, 2.24) is 5.32 Å². The van der Waals surface area contributed by atoms with Crippen LogP contribution in [0.15, 0.2) is 28.7 Å². The van der Waals surface area contributed by atoms with Gasteiger partial charge in [-0.2, -0.15) is 13.2 Å². The van der Waals surface area contributed by atoms with Crippen LogP contribution in [0.4, 0.5) is 13.2 Å². The van der Waals surface area contributed by atoms with Gasteiger partial charge in [-0.3, -0.25) is 10.5 Å². The van der Waals surface area contributed by atoms with E-state index in [0.717, 1.165) is 0 Å². The largest absolute Gasteiger partial charge is 0.497 e. The molecule has 1 amide bonds. The number of halogens is 3. The Morgan fingerprint density at radius 2 is 2.06 bits per heavy atom. The number of hydrogen-bond donors (Lipinski definition) is 3. The molecule has 0 spiro atoms. The summed E-state index contributed by atoms with van der Waals surface area (Å²) in [6.07, 6.45) is -5.13. The maximum Gasteiger partial charge on any atom is 0.389 e. The Balaban J connectivity index is 2.27. The average Bonchev–Trinajstić information content (AvgIpc) is 3.14. The highest BCUT2D eigenvalue weighted by molar-refractivity contribution is 8.14. The molecule has 4 N–H and O–H groups in total. The molecule has 9 nitrogen and oxygen atoms in total. The van der Waals surface area contributed by atoms with Crippen molar-refractivity contribution >= 4 is 22.7 Å². The molecule has 2 aliphatic heterocycles. The number of alkyl halides is 3. The van der Waals surface area contributed by atoms with E-state index < -0.39 is 48.7 Å². The Morgan fingerprint density at radius 1 is 1.42 bits per heavy atom. The number of carbonyl (C=O) groups is 1. The van der Waals surface area contributed by atoms with E-state index in [1.807, 2.05) is 0 Å². The van der Waals surface area contributed by atoms with E-state index in [4.69, 9.17) is 24.7 Å². The number of thioether (sulfide) groups is 1. The predicted octanol–water partition coefficient (Wildman–Crippen LogP) is 2.17. The Bertz CT molecular complexity index is 798. The molecule has 188 valence electrons. The summed E-state index contributed by atoms with van der Waals surface area (Å²) in [5, 5.41) is 12.7. The first-order valence-corrected chi connectivity index (χ1v) is 11.3. The number of aliphatic hydroxyl groups excluding tert-OH is 1. The first-order valence-electron chi connectivity index (χ1n) is 10.4. The van der Waals surface area contributed by atoms with Crippen molar-refractivity contribution in [2.24, 2.45) is 10.7 Å². The lowest BCUT2D eigenvalue weighted by Crippen LogP contribution is -2.56. The number of methoxy groups -OCH3 is 1. The molecule has 2 aliphatic rings. The molecule has 2 heterocycles. The number of nitrogens with zero attached hydrogens (tertiary/aromatic N) is 1. The third-order valence-electron chi connectivity index (χ3n) is 4.80. The Kier molecular flexibility index (Phi) is 9.22. The van der Waals surface area contributed by atoms with Gasteiger partial charge in [-0.15, -0.1) is 11.8 Å². The summed E-state index contributed by atoms with van der Waals surface area (Å²) in [7, 11) is 1.33. The molecule has 2 rings (SSSR count). The van der Waals surface area contributed by atoms with E-state index in [0.29, 0.717) is 18.3 Å². The van der Waals surface area contributed by atoms with Crippen LogP contribution in [0.3, 0.4) is 0 Å². The molecule has 0 aliphatic carbocycles. The molecule has 0 saturated heterocycles. The highest BCUT2D eigenvalue weighted by Gasteiger charge is 2.46. The van der Waals surface area contributed by atoms with Crippen molar-refractivity contribution in [2.45, 2.75) is 63.6 Å². The van der Waals surface area contributed by atoms with Gasteiger partial charge in [0.05, 0.1) is 13.2 Å². The second kappa shape index (κ2) is 11.1.